The molecule has 2 unspecified atom stereocenters. The SMILES string of the molecule is CN(C(=O)c1ccc[nH]c1=O)C1COCC1C(=O)O. The van der Waals surface area contributed by atoms with Gasteiger partial charge in [0, 0.05) is 13.2 Å². The summed E-state index contributed by atoms with van der Waals surface area (Å²) in [5.74, 6) is -2.29. The van der Waals surface area contributed by atoms with Crippen molar-refractivity contribution >= 4 is 11.9 Å². The summed E-state index contributed by atoms with van der Waals surface area (Å²) in [5, 5.41) is 9.05. The minimum absolute atomic E-state index is 0.0129. The molecule has 1 saturated heterocycles. The Balaban J connectivity index is 2.22. The lowest BCUT2D eigenvalue weighted by atomic mass is 10.0. The molecule has 1 aliphatic rings. The number of likely N-dealkylation sites (N-methyl/N-ethyl adjacent to an activating group) is 1. The van der Waals surface area contributed by atoms with Gasteiger partial charge in [-0.3, -0.25) is 14.4 Å². The highest BCUT2D eigenvalue weighted by atomic mass is 16.5. The standard InChI is InChI=1S/C12H14N2O5/c1-14(9-6-19-5-8(9)12(17)18)11(16)7-3-2-4-13-10(7)15/h2-4,8-9H,5-6H2,1H3,(H,13,15)(H,17,18). The van der Waals surface area contributed by atoms with Crippen molar-refractivity contribution in [2.75, 3.05) is 20.3 Å². The molecule has 1 aliphatic heterocycles. The first-order valence-electron chi connectivity index (χ1n) is 5.77. The van der Waals surface area contributed by atoms with Gasteiger partial charge in [0.2, 0.25) is 0 Å². The number of carboxylic acids is 1. The van der Waals surface area contributed by atoms with Gasteiger partial charge in [-0.05, 0) is 12.1 Å². The van der Waals surface area contributed by atoms with Crippen LogP contribution < -0.4 is 5.56 Å². The second kappa shape index (κ2) is 5.23. The highest BCUT2D eigenvalue weighted by Gasteiger charge is 2.39. The molecular weight excluding hydrogens is 252 g/mol. The lowest BCUT2D eigenvalue weighted by molar-refractivity contribution is -0.142. The van der Waals surface area contributed by atoms with E-state index in [1.165, 1.54) is 24.2 Å². The number of hydrogen-bond acceptors (Lipinski definition) is 4. The van der Waals surface area contributed by atoms with Crippen LogP contribution in [0.1, 0.15) is 10.4 Å². The molecule has 0 bridgehead atoms. The molecule has 7 heteroatoms. The maximum Gasteiger partial charge on any atom is 0.311 e. The van der Waals surface area contributed by atoms with Gasteiger partial charge in [-0.1, -0.05) is 0 Å². The lowest BCUT2D eigenvalue weighted by Gasteiger charge is -2.26. The Labute approximate surface area is 108 Å². The zero-order valence-corrected chi connectivity index (χ0v) is 10.3. The van der Waals surface area contributed by atoms with E-state index in [0.717, 1.165) is 0 Å². The number of rotatable bonds is 3. The number of ether oxygens (including phenoxy) is 1. The van der Waals surface area contributed by atoms with Gasteiger partial charge in [0.25, 0.3) is 11.5 Å². The van der Waals surface area contributed by atoms with Crippen LogP contribution in [-0.4, -0.2) is 53.2 Å². The third-order valence-electron chi connectivity index (χ3n) is 3.23. The van der Waals surface area contributed by atoms with Gasteiger partial charge in [0.05, 0.1) is 19.3 Å². The third-order valence-corrected chi connectivity index (χ3v) is 3.23. The molecule has 102 valence electrons. The topological polar surface area (TPSA) is 99.7 Å². The Morgan fingerprint density at radius 1 is 1.47 bits per heavy atom. The number of carboxylic acid groups (broad SMARTS) is 1. The van der Waals surface area contributed by atoms with E-state index in [1.54, 1.807) is 6.07 Å². The fourth-order valence-corrected chi connectivity index (χ4v) is 2.09. The normalized spacial score (nSPS) is 22.2. The average molecular weight is 266 g/mol. The fourth-order valence-electron chi connectivity index (χ4n) is 2.09. The van der Waals surface area contributed by atoms with Crippen molar-refractivity contribution in [3.8, 4) is 0 Å². The summed E-state index contributed by atoms with van der Waals surface area (Å²) < 4.78 is 5.11. The van der Waals surface area contributed by atoms with Gasteiger partial charge in [0.1, 0.15) is 11.5 Å². The number of carbonyl (C=O) groups excluding carboxylic acids is 1. The highest BCUT2D eigenvalue weighted by molar-refractivity contribution is 5.94. The van der Waals surface area contributed by atoms with Gasteiger partial charge in [-0.15, -0.1) is 0 Å². The van der Waals surface area contributed by atoms with E-state index in [9.17, 15) is 14.4 Å². The first-order valence-corrected chi connectivity index (χ1v) is 5.77. The Kier molecular flexibility index (Phi) is 3.66. The van der Waals surface area contributed by atoms with Gasteiger partial charge in [-0.25, -0.2) is 0 Å². The highest BCUT2D eigenvalue weighted by Crippen LogP contribution is 2.20. The summed E-state index contributed by atoms with van der Waals surface area (Å²) in [6.07, 6.45) is 1.43. The number of hydrogen-bond donors (Lipinski definition) is 2. The number of amides is 1. The molecule has 0 aromatic carbocycles. The molecule has 0 aliphatic carbocycles. The van der Waals surface area contributed by atoms with Crippen LogP contribution in [0.3, 0.4) is 0 Å². The van der Waals surface area contributed by atoms with Crippen LogP contribution in [0, 0.1) is 5.92 Å². The number of aromatic amines is 1. The molecule has 0 spiro atoms. The van der Waals surface area contributed by atoms with Gasteiger partial charge in [0.15, 0.2) is 0 Å². The van der Waals surface area contributed by atoms with E-state index in [4.69, 9.17) is 9.84 Å². The predicted octanol–water partition coefficient (Wildman–Crippen LogP) is -0.453. The first-order chi connectivity index (χ1) is 9.02. The molecule has 2 heterocycles. The van der Waals surface area contributed by atoms with Crippen LogP contribution in [0.15, 0.2) is 23.1 Å². The number of nitrogens with zero attached hydrogens (tertiary/aromatic N) is 1. The largest absolute Gasteiger partial charge is 0.481 e. The molecule has 0 saturated carbocycles. The fraction of sp³-hybridized carbons (Fsp3) is 0.417. The number of carbonyl (C=O) groups is 2. The van der Waals surface area contributed by atoms with E-state index in [-0.39, 0.29) is 18.8 Å². The molecule has 2 atom stereocenters. The average Bonchev–Trinajstić information content (AvgIpc) is 2.87. The van der Waals surface area contributed by atoms with Crippen LogP contribution in [0.25, 0.3) is 0 Å². The van der Waals surface area contributed by atoms with Crippen LogP contribution in [0.2, 0.25) is 0 Å². The van der Waals surface area contributed by atoms with Crippen LogP contribution >= 0.6 is 0 Å². The van der Waals surface area contributed by atoms with E-state index in [2.05, 4.69) is 4.98 Å². The Hall–Kier alpha value is -2.15. The van der Waals surface area contributed by atoms with Crippen molar-refractivity contribution in [2.45, 2.75) is 6.04 Å². The van der Waals surface area contributed by atoms with E-state index in [0.29, 0.717) is 0 Å². The molecular formula is C12H14N2O5. The summed E-state index contributed by atoms with van der Waals surface area (Å²) in [6.45, 7) is 0.229. The van der Waals surface area contributed by atoms with Crippen molar-refractivity contribution < 1.29 is 19.4 Å². The second-order valence-corrected chi connectivity index (χ2v) is 4.38. The number of aliphatic carboxylic acids is 1. The summed E-state index contributed by atoms with van der Waals surface area (Å²) in [6, 6.07) is 2.38. The third kappa shape index (κ3) is 2.50. The molecule has 1 fully saturated rings. The number of H-pyrrole nitrogens is 1. The van der Waals surface area contributed by atoms with Crippen molar-refractivity contribution in [3.05, 3.63) is 34.2 Å². The molecule has 1 aromatic rings. The Morgan fingerprint density at radius 3 is 2.84 bits per heavy atom. The molecule has 7 nitrogen and oxygen atoms in total. The zero-order valence-electron chi connectivity index (χ0n) is 10.3. The Bertz CT molecular complexity index is 553. The van der Waals surface area contributed by atoms with Gasteiger partial charge < -0.3 is 19.7 Å². The second-order valence-electron chi connectivity index (χ2n) is 4.38. The zero-order chi connectivity index (χ0) is 14.0. The molecule has 2 N–H and O–H groups in total. The summed E-state index contributed by atoms with van der Waals surface area (Å²) in [7, 11) is 1.48. The van der Waals surface area contributed by atoms with Gasteiger partial charge >= 0.3 is 5.97 Å². The van der Waals surface area contributed by atoms with Crippen molar-refractivity contribution in [1.82, 2.24) is 9.88 Å². The minimum atomic E-state index is -1.01. The van der Waals surface area contributed by atoms with Crippen LogP contribution in [0.4, 0.5) is 0 Å². The van der Waals surface area contributed by atoms with Crippen LogP contribution in [0.5, 0.6) is 0 Å². The lowest BCUT2D eigenvalue weighted by Crippen LogP contribution is -2.45. The van der Waals surface area contributed by atoms with Crippen molar-refractivity contribution in [1.29, 1.82) is 0 Å². The van der Waals surface area contributed by atoms with Crippen molar-refractivity contribution in [3.63, 3.8) is 0 Å². The molecule has 1 amide bonds. The van der Waals surface area contributed by atoms with E-state index in [1.807, 2.05) is 0 Å². The predicted molar refractivity (Wildman–Crippen MR) is 64.9 cm³/mol. The number of pyridine rings is 1. The van der Waals surface area contributed by atoms with Gasteiger partial charge in [-0.2, -0.15) is 0 Å². The van der Waals surface area contributed by atoms with Crippen molar-refractivity contribution in [2.24, 2.45) is 5.92 Å². The Morgan fingerprint density at radius 2 is 2.21 bits per heavy atom. The maximum atomic E-state index is 12.2. The smallest absolute Gasteiger partial charge is 0.311 e. The minimum Gasteiger partial charge on any atom is -0.481 e. The van der Waals surface area contributed by atoms with E-state index >= 15 is 0 Å². The summed E-state index contributed by atoms with van der Waals surface area (Å²) in [4.78, 5) is 38.4. The number of aromatic nitrogens is 1. The maximum absolute atomic E-state index is 12.2. The monoisotopic (exact) mass is 266 g/mol. The van der Waals surface area contributed by atoms with Crippen LogP contribution in [-0.2, 0) is 9.53 Å². The molecule has 0 radical (unpaired) electrons. The van der Waals surface area contributed by atoms with E-state index < -0.39 is 29.4 Å². The first kappa shape index (κ1) is 13.3. The summed E-state index contributed by atoms with van der Waals surface area (Å²) in [5.41, 5.74) is -0.508. The molecule has 1 aromatic heterocycles. The quantitative estimate of drug-likeness (QED) is 0.771. The molecule has 2 rings (SSSR count). The number of nitrogens with one attached hydrogen (secondary N) is 1. The molecule has 19 heavy (non-hydrogen) atoms. The summed E-state index contributed by atoms with van der Waals surface area (Å²) >= 11 is 0.